The maximum Gasteiger partial charge on any atom is 0.224 e. The Labute approximate surface area is 161 Å². The number of benzene rings is 2. The first kappa shape index (κ1) is 17.9. The first-order chi connectivity index (χ1) is 13.7. The van der Waals surface area contributed by atoms with Crippen molar-refractivity contribution in [2.75, 3.05) is 5.32 Å². The van der Waals surface area contributed by atoms with Crippen molar-refractivity contribution in [3.63, 3.8) is 0 Å². The molecule has 0 aliphatic carbocycles. The quantitative estimate of drug-likeness (QED) is 0.513. The fourth-order valence-corrected chi connectivity index (χ4v) is 3.07. The summed E-state index contributed by atoms with van der Waals surface area (Å²) in [6.45, 7) is 0.697. The molecule has 0 spiro atoms. The van der Waals surface area contributed by atoms with Gasteiger partial charge in [0.1, 0.15) is 11.6 Å². The SMILES string of the molecule is O=C(CCCc1nc2ccc(F)cc2[nH]1)Nc1ccc(Cn2cccn2)cc1. The van der Waals surface area contributed by atoms with Crippen LogP contribution in [0.4, 0.5) is 10.1 Å². The Kier molecular flexibility index (Phi) is 5.14. The van der Waals surface area contributed by atoms with Crippen molar-refractivity contribution in [2.24, 2.45) is 0 Å². The lowest BCUT2D eigenvalue weighted by Gasteiger charge is -2.07. The molecule has 2 N–H and O–H groups in total. The lowest BCUT2D eigenvalue weighted by atomic mass is 10.2. The Morgan fingerprint density at radius 3 is 2.82 bits per heavy atom. The average Bonchev–Trinajstić information content (AvgIpc) is 3.32. The van der Waals surface area contributed by atoms with Crippen LogP contribution in [0.15, 0.2) is 60.9 Å². The Hall–Kier alpha value is -3.48. The average molecular weight is 377 g/mol. The van der Waals surface area contributed by atoms with Crippen LogP contribution in [0, 0.1) is 5.82 Å². The smallest absolute Gasteiger partial charge is 0.224 e. The summed E-state index contributed by atoms with van der Waals surface area (Å²) in [6, 6.07) is 14.1. The van der Waals surface area contributed by atoms with Crippen molar-refractivity contribution in [1.82, 2.24) is 19.7 Å². The first-order valence-electron chi connectivity index (χ1n) is 9.16. The number of H-pyrrole nitrogens is 1. The molecule has 1 amide bonds. The van der Waals surface area contributed by atoms with Crippen molar-refractivity contribution in [3.05, 3.63) is 78.1 Å². The molecule has 0 bridgehead atoms. The summed E-state index contributed by atoms with van der Waals surface area (Å²) in [4.78, 5) is 19.7. The van der Waals surface area contributed by atoms with Gasteiger partial charge in [-0.15, -0.1) is 0 Å². The molecule has 0 atom stereocenters. The van der Waals surface area contributed by atoms with Crippen LogP contribution in [-0.2, 0) is 17.8 Å². The highest BCUT2D eigenvalue weighted by Gasteiger charge is 2.07. The molecule has 0 aliphatic rings. The number of imidazole rings is 1. The van der Waals surface area contributed by atoms with Gasteiger partial charge in [-0.05, 0) is 48.4 Å². The number of nitrogens with one attached hydrogen (secondary N) is 2. The topological polar surface area (TPSA) is 75.6 Å². The number of rotatable bonds is 7. The number of hydrogen-bond acceptors (Lipinski definition) is 3. The zero-order chi connectivity index (χ0) is 19.3. The van der Waals surface area contributed by atoms with Gasteiger partial charge in [0.05, 0.1) is 17.6 Å². The van der Waals surface area contributed by atoms with Gasteiger partial charge in [0.15, 0.2) is 0 Å². The Morgan fingerprint density at radius 1 is 1.18 bits per heavy atom. The molecule has 2 heterocycles. The summed E-state index contributed by atoms with van der Waals surface area (Å²) in [5.74, 6) is 0.427. The molecule has 28 heavy (non-hydrogen) atoms. The number of hydrogen-bond donors (Lipinski definition) is 2. The van der Waals surface area contributed by atoms with Gasteiger partial charge in [0.25, 0.3) is 0 Å². The molecule has 2 aromatic heterocycles. The number of amides is 1. The molecule has 0 fully saturated rings. The predicted octanol–water partition coefficient (Wildman–Crippen LogP) is 3.91. The number of aryl methyl sites for hydroxylation is 1. The minimum absolute atomic E-state index is 0.0398. The van der Waals surface area contributed by atoms with E-state index < -0.39 is 0 Å². The van der Waals surface area contributed by atoms with E-state index in [4.69, 9.17) is 0 Å². The lowest BCUT2D eigenvalue weighted by Crippen LogP contribution is -2.11. The molecule has 0 saturated heterocycles. The van der Waals surface area contributed by atoms with Crippen LogP contribution in [0.25, 0.3) is 11.0 Å². The molecule has 0 saturated carbocycles. The number of aromatic nitrogens is 4. The summed E-state index contributed by atoms with van der Waals surface area (Å²) in [5, 5.41) is 7.09. The van der Waals surface area contributed by atoms with Crippen molar-refractivity contribution in [2.45, 2.75) is 25.8 Å². The van der Waals surface area contributed by atoms with E-state index >= 15 is 0 Å². The van der Waals surface area contributed by atoms with Crippen LogP contribution in [-0.4, -0.2) is 25.7 Å². The summed E-state index contributed by atoms with van der Waals surface area (Å²) >= 11 is 0. The number of halogens is 1. The van der Waals surface area contributed by atoms with E-state index in [9.17, 15) is 9.18 Å². The first-order valence-corrected chi connectivity index (χ1v) is 9.16. The molecular formula is C21H20FN5O. The lowest BCUT2D eigenvalue weighted by molar-refractivity contribution is -0.116. The largest absolute Gasteiger partial charge is 0.342 e. The third kappa shape index (κ3) is 4.43. The van der Waals surface area contributed by atoms with Crippen molar-refractivity contribution in [3.8, 4) is 0 Å². The van der Waals surface area contributed by atoms with Crippen LogP contribution >= 0.6 is 0 Å². The standard InChI is InChI=1S/C21H20FN5O/c22-16-7-10-18-19(13-16)26-20(25-18)3-1-4-21(28)24-17-8-5-15(6-9-17)14-27-12-2-11-23-27/h2,5-13H,1,3-4,14H2,(H,24,28)(H,25,26). The maximum absolute atomic E-state index is 13.2. The second-order valence-electron chi connectivity index (χ2n) is 6.65. The van der Waals surface area contributed by atoms with Gasteiger partial charge in [0.2, 0.25) is 5.91 Å². The molecular weight excluding hydrogens is 357 g/mol. The van der Waals surface area contributed by atoms with Crippen LogP contribution in [0.5, 0.6) is 0 Å². The van der Waals surface area contributed by atoms with Gasteiger partial charge in [-0.3, -0.25) is 9.48 Å². The molecule has 0 radical (unpaired) electrons. The molecule has 4 aromatic rings. The van der Waals surface area contributed by atoms with Gasteiger partial charge < -0.3 is 10.3 Å². The summed E-state index contributed by atoms with van der Waals surface area (Å²) < 4.78 is 15.1. The van der Waals surface area contributed by atoms with Gasteiger partial charge in [-0.2, -0.15) is 5.10 Å². The van der Waals surface area contributed by atoms with Crippen molar-refractivity contribution < 1.29 is 9.18 Å². The fourth-order valence-electron chi connectivity index (χ4n) is 3.07. The molecule has 4 rings (SSSR count). The van der Waals surface area contributed by atoms with Crippen LogP contribution in [0.1, 0.15) is 24.2 Å². The van der Waals surface area contributed by atoms with E-state index in [1.165, 1.54) is 12.1 Å². The zero-order valence-corrected chi connectivity index (χ0v) is 15.2. The number of nitrogens with zero attached hydrogens (tertiary/aromatic N) is 3. The van der Waals surface area contributed by atoms with Gasteiger partial charge in [0, 0.05) is 30.9 Å². The molecule has 0 aliphatic heterocycles. The number of fused-ring (bicyclic) bond motifs is 1. The molecule has 2 aromatic carbocycles. The predicted molar refractivity (Wildman–Crippen MR) is 105 cm³/mol. The van der Waals surface area contributed by atoms with E-state index in [0.29, 0.717) is 31.3 Å². The summed E-state index contributed by atoms with van der Waals surface area (Å²) in [5.41, 5.74) is 3.29. The number of aromatic amines is 1. The van der Waals surface area contributed by atoms with Crippen LogP contribution in [0.3, 0.4) is 0 Å². The number of carbonyl (C=O) groups is 1. The minimum atomic E-state index is -0.294. The number of carbonyl (C=O) groups excluding carboxylic acids is 1. The highest BCUT2D eigenvalue weighted by molar-refractivity contribution is 5.90. The third-order valence-corrected chi connectivity index (χ3v) is 4.45. The molecule has 6 nitrogen and oxygen atoms in total. The van der Waals surface area contributed by atoms with Gasteiger partial charge >= 0.3 is 0 Å². The highest BCUT2D eigenvalue weighted by Crippen LogP contribution is 2.15. The fraction of sp³-hybridized carbons (Fsp3) is 0.190. The van der Waals surface area contributed by atoms with E-state index in [1.54, 1.807) is 12.3 Å². The molecule has 7 heteroatoms. The third-order valence-electron chi connectivity index (χ3n) is 4.45. The maximum atomic E-state index is 13.2. The van der Waals surface area contributed by atoms with Crippen molar-refractivity contribution in [1.29, 1.82) is 0 Å². The van der Waals surface area contributed by atoms with Crippen molar-refractivity contribution >= 4 is 22.6 Å². The van der Waals surface area contributed by atoms with Crippen LogP contribution in [0.2, 0.25) is 0 Å². The van der Waals surface area contributed by atoms with E-state index in [1.807, 2.05) is 41.2 Å². The monoisotopic (exact) mass is 377 g/mol. The van der Waals surface area contributed by atoms with Crippen LogP contribution < -0.4 is 5.32 Å². The second-order valence-corrected chi connectivity index (χ2v) is 6.65. The summed E-state index contributed by atoms with van der Waals surface area (Å²) in [6.07, 6.45) is 5.34. The van der Waals surface area contributed by atoms with E-state index in [-0.39, 0.29) is 11.7 Å². The Bertz CT molecular complexity index is 1070. The summed E-state index contributed by atoms with van der Waals surface area (Å²) in [7, 11) is 0. The van der Waals surface area contributed by atoms with Gasteiger partial charge in [-0.1, -0.05) is 12.1 Å². The van der Waals surface area contributed by atoms with Gasteiger partial charge in [-0.25, -0.2) is 9.37 Å². The Morgan fingerprint density at radius 2 is 2.04 bits per heavy atom. The van der Waals surface area contributed by atoms with E-state index in [0.717, 1.165) is 22.6 Å². The normalized spacial score (nSPS) is 11.0. The number of anilines is 1. The molecule has 142 valence electrons. The van der Waals surface area contributed by atoms with E-state index in [2.05, 4.69) is 20.4 Å². The zero-order valence-electron chi connectivity index (χ0n) is 15.2. The molecule has 0 unspecified atom stereocenters. The second kappa shape index (κ2) is 8.04. The minimum Gasteiger partial charge on any atom is -0.342 e. The Balaban J connectivity index is 1.25. The highest BCUT2D eigenvalue weighted by atomic mass is 19.1.